The van der Waals surface area contributed by atoms with Crippen molar-refractivity contribution in [3.63, 3.8) is 0 Å². The van der Waals surface area contributed by atoms with Crippen molar-refractivity contribution in [2.24, 2.45) is 5.73 Å². The largest absolute Gasteiger partial charge is 0.494 e. The molecule has 0 fully saturated rings. The zero-order valence-electron chi connectivity index (χ0n) is 22.4. The van der Waals surface area contributed by atoms with Crippen LogP contribution >= 0.6 is 0 Å². The van der Waals surface area contributed by atoms with Gasteiger partial charge in [-0.1, -0.05) is 54.6 Å². The maximum Gasteiger partial charge on any atom is 0.205 e. The van der Waals surface area contributed by atoms with E-state index in [1.54, 1.807) is 0 Å². The number of nitriles is 1. The van der Waals surface area contributed by atoms with Gasteiger partial charge in [-0.2, -0.15) is 5.26 Å². The van der Waals surface area contributed by atoms with E-state index in [2.05, 4.69) is 41.3 Å². The lowest BCUT2D eigenvalue weighted by Gasteiger charge is -2.38. The summed E-state index contributed by atoms with van der Waals surface area (Å²) in [7, 11) is 0. The van der Waals surface area contributed by atoms with Crippen LogP contribution in [0.25, 0.3) is 6.08 Å². The van der Waals surface area contributed by atoms with Crippen molar-refractivity contribution in [1.82, 2.24) is 4.90 Å². The van der Waals surface area contributed by atoms with Gasteiger partial charge in [0.2, 0.25) is 5.88 Å². The van der Waals surface area contributed by atoms with Gasteiger partial charge in [-0.3, -0.25) is 4.90 Å². The van der Waals surface area contributed by atoms with E-state index in [1.807, 2.05) is 68.4 Å². The van der Waals surface area contributed by atoms with Crippen LogP contribution in [-0.4, -0.2) is 31.2 Å². The Hall–Kier alpha value is -4.47. The molecule has 5 rings (SSSR count). The SMILES string of the molecule is CCOc1ccc(/C=C2\CN(Cc3ccccc3)CC3=C2OC(N)=C(C#N)[C@H]3c2ccc(OCC)cc2)cc1. The van der Waals surface area contributed by atoms with Crippen LogP contribution < -0.4 is 15.2 Å². The molecule has 0 aliphatic carbocycles. The highest BCUT2D eigenvalue weighted by molar-refractivity contribution is 5.63. The maximum atomic E-state index is 10.1. The zero-order chi connectivity index (χ0) is 27.2. The van der Waals surface area contributed by atoms with Crippen molar-refractivity contribution < 1.29 is 14.2 Å². The van der Waals surface area contributed by atoms with Gasteiger partial charge in [-0.05, 0) is 66.5 Å². The van der Waals surface area contributed by atoms with Crippen molar-refractivity contribution in [2.75, 3.05) is 26.3 Å². The molecule has 0 radical (unpaired) electrons. The Labute approximate surface area is 230 Å². The van der Waals surface area contributed by atoms with Gasteiger partial charge in [0.05, 0.1) is 19.1 Å². The lowest BCUT2D eigenvalue weighted by Crippen LogP contribution is -2.37. The third kappa shape index (κ3) is 5.84. The highest BCUT2D eigenvalue weighted by Gasteiger charge is 2.37. The van der Waals surface area contributed by atoms with Gasteiger partial charge in [-0.25, -0.2) is 0 Å². The minimum atomic E-state index is -0.309. The summed E-state index contributed by atoms with van der Waals surface area (Å²) in [6.45, 7) is 7.27. The van der Waals surface area contributed by atoms with E-state index in [9.17, 15) is 5.26 Å². The minimum Gasteiger partial charge on any atom is -0.494 e. The number of ether oxygens (including phenoxy) is 3. The molecule has 198 valence electrons. The molecule has 0 bridgehead atoms. The molecule has 3 aromatic carbocycles. The van der Waals surface area contributed by atoms with Crippen LogP contribution in [0.15, 0.2) is 107 Å². The lowest BCUT2D eigenvalue weighted by atomic mass is 9.80. The molecule has 2 aliphatic rings. The fourth-order valence-corrected chi connectivity index (χ4v) is 5.23. The first-order chi connectivity index (χ1) is 19.1. The predicted octanol–water partition coefficient (Wildman–Crippen LogP) is 6.15. The zero-order valence-corrected chi connectivity index (χ0v) is 22.4. The summed E-state index contributed by atoms with van der Waals surface area (Å²) in [5, 5.41) is 10.1. The smallest absolute Gasteiger partial charge is 0.205 e. The minimum absolute atomic E-state index is 0.157. The Morgan fingerprint density at radius 1 is 0.923 bits per heavy atom. The molecular formula is C33H33N3O3. The van der Waals surface area contributed by atoms with Crippen molar-refractivity contribution in [1.29, 1.82) is 5.26 Å². The molecule has 3 aromatic rings. The molecule has 2 heterocycles. The van der Waals surface area contributed by atoms with Crippen molar-refractivity contribution in [3.8, 4) is 17.6 Å². The summed E-state index contributed by atoms with van der Waals surface area (Å²) in [4.78, 5) is 2.38. The Morgan fingerprint density at radius 3 is 2.18 bits per heavy atom. The molecule has 0 spiro atoms. The Balaban J connectivity index is 1.58. The second kappa shape index (κ2) is 11.9. The summed E-state index contributed by atoms with van der Waals surface area (Å²) in [6.07, 6.45) is 2.14. The molecule has 0 saturated carbocycles. The first kappa shape index (κ1) is 26.1. The molecular weight excluding hydrogens is 486 g/mol. The second-order valence-electron chi connectivity index (χ2n) is 9.58. The first-order valence-electron chi connectivity index (χ1n) is 13.3. The number of nitrogens with zero attached hydrogens (tertiary/aromatic N) is 2. The van der Waals surface area contributed by atoms with Crippen LogP contribution in [0.4, 0.5) is 0 Å². The average molecular weight is 520 g/mol. The highest BCUT2D eigenvalue weighted by Crippen LogP contribution is 2.44. The monoisotopic (exact) mass is 519 g/mol. The third-order valence-electron chi connectivity index (χ3n) is 6.91. The normalized spacial score (nSPS) is 18.4. The van der Waals surface area contributed by atoms with Gasteiger partial charge in [0.15, 0.2) is 0 Å². The van der Waals surface area contributed by atoms with Crippen molar-refractivity contribution in [3.05, 3.63) is 124 Å². The number of benzene rings is 3. The van der Waals surface area contributed by atoms with Crippen LogP contribution in [0.3, 0.4) is 0 Å². The summed E-state index contributed by atoms with van der Waals surface area (Å²) in [6, 6.07) is 28.7. The lowest BCUT2D eigenvalue weighted by molar-refractivity contribution is 0.230. The van der Waals surface area contributed by atoms with Crippen LogP contribution in [0.1, 0.15) is 36.5 Å². The van der Waals surface area contributed by atoms with Gasteiger partial charge < -0.3 is 19.9 Å². The number of nitrogens with two attached hydrogens (primary N) is 1. The number of allylic oxidation sites excluding steroid dienone is 1. The van der Waals surface area contributed by atoms with Crippen LogP contribution in [0, 0.1) is 11.3 Å². The molecule has 2 aliphatic heterocycles. The standard InChI is InChI=1S/C33H33N3O3/c1-3-37-27-14-10-23(11-15-27)18-26-21-36(20-24-8-6-5-7-9-24)22-30-31(29(19-34)33(35)39-32(26)30)25-12-16-28(17-13-25)38-4-2/h5-18,31H,3-4,20-22,35H2,1-2H3/b26-18+/t31-/m1/s1. The summed E-state index contributed by atoms with van der Waals surface area (Å²) >= 11 is 0. The van der Waals surface area contributed by atoms with Crippen LogP contribution in [0.5, 0.6) is 11.5 Å². The Morgan fingerprint density at radius 2 is 1.56 bits per heavy atom. The van der Waals surface area contributed by atoms with E-state index in [1.165, 1.54) is 5.56 Å². The molecule has 6 nitrogen and oxygen atoms in total. The van der Waals surface area contributed by atoms with E-state index in [0.29, 0.717) is 31.9 Å². The highest BCUT2D eigenvalue weighted by atomic mass is 16.5. The van der Waals surface area contributed by atoms with E-state index in [-0.39, 0.29) is 11.8 Å². The molecule has 0 saturated heterocycles. The number of rotatable bonds is 8. The van der Waals surface area contributed by atoms with Crippen molar-refractivity contribution >= 4 is 6.08 Å². The molecule has 6 heteroatoms. The molecule has 1 atom stereocenters. The summed E-state index contributed by atoms with van der Waals surface area (Å²) in [5.74, 6) is 2.23. The average Bonchev–Trinajstić information content (AvgIpc) is 2.95. The molecule has 2 N–H and O–H groups in total. The molecule has 0 amide bonds. The van der Waals surface area contributed by atoms with E-state index in [0.717, 1.165) is 46.1 Å². The second-order valence-corrected chi connectivity index (χ2v) is 9.58. The van der Waals surface area contributed by atoms with Crippen molar-refractivity contribution in [2.45, 2.75) is 26.3 Å². The molecule has 0 unspecified atom stereocenters. The third-order valence-corrected chi connectivity index (χ3v) is 6.91. The van der Waals surface area contributed by atoms with Crippen LogP contribution in [-0.2, 0) is 11.3 Å². The maximum absolute atomic E-state index is 10.1. The quantitative estimate of drug-likeness (QED) is 0.385. The summed E-state index contributed by atoms with van der Waals surface area (Å²) < 4.78 is 17.5. The van der Waals surface area contributed by atoms with Gasteiger partial charge in [0, 0.05) is 25.2 Å². The van der Waals surface area contributed by atoms with Gasteiger partial charge >= 0.3 is 0 Å². The van der Waals surface area contributed by atoms with E-state index >= 15 is 0 Å². The summed E-state index contributed by atoms with van der Waals surface area (Å²) in [5.41, 5.74) is 12.1. The predicted molar refractivity (Wildman–Crippen MR) is 153 cm³/mol. The van der Waals surface area contributed by atoms with Gasteiger partial charge in [0.25, 0.3) is 0 Å². The van der Waals surface area contributed by atoms with Crippen LogP contribution in [0.2, 0.25) is 0 Å². The fraction of sp³-hybridized carbons (Fsp3) is 0.242. The number of hydrogen-bond donors (Lipinski definition) is 1. The van der Waals surface area contributed by atoms with Gasteiger partial charge in [0.1, 0.15) is 28.9 Å². The Bertz CT molecular complexity index is 1430. The first-order valence-corrected chi connectivity index (χ1v) is 13.3. The number of hydrogen-bond acceptors (Lipinski definition) is 6. The van der Waals surface area contributed by atoms with E-state index < -0.39 is 0 Å². The Kier molecular flexibility index (Phi) is 8.00. The molecule has 39 heavy (non-hydrogen) atoms. The van der Waals surface area contributed by atoms with E-state index in [4.69, 9.17) is 19.9 Å². The topological polar surface area (TPSA) is 80.7 Å². The fourth-order valence-electron chi connectivity index (χ4n) is 5.23. The van der Waals surface area contributed by atoms with Gasteiger partial charge in [-0.15, -0.1) is 0 Å². The molecule has 0 aromatic heterocycles.